The Balaban J connectivity index is 0.998. The van der Waals surface area contributed by atoms with Gasteiger partial charge in [-0.3, -0.25) is 9.36 Å². The maximum atomic E-state index is 13.7. The molecular weight excluding hydrogens is 892 g/mol. The van der Waals surface area contributed by atoms with E-state index in [4.69, 9.17) is 28.0 Å². The number of amides is 1. The van der Waals surface area contributed by atoms with Gasteiger partial charge in [0.15, 0.2) is 26.8 Å². The molecule has 0 spiro atoms. The summed E-state index contributed by atoms with van der Waals surface area (Å²) in [6, 6.07) is 42.9. The van der Waals surface area contributed by atoms with Gasteiger partial charge >= 0.3 is 0 Å². The fourth-order valence-corrected chi connectivity index (χ4v) is 12.8. The third kappa shape index (κ3) is 8.94. The van der Waals surface area contributed by atoms with Crippen LogP contribution in [-0.4, -0.2) is 96.0 Å². The molecule has 6 atom stereocenters. The molecule has 2 aromatic heterocycles. The van der Waals surface area contributed by atoms with Crippen LogP contribution in [0.3, 0.4) is 0 Å². The molecule has 0 bridgehead atoms. The SMILES string of the molecule is COc1ccc(C(OC[C@@H]2O[C@H](n3cnc4c(NC(=O)c5ccccc5)ncnc43)C[C@H]2O[P@]2O[C@H](CS(=O)(=O)c3ccccc3)[C@@H]3CCCN32)(c2ccccc2)c2ccc(OC)cc2)cc1. The Morgan fingerprint density at radius 1 is 0.791 bits per heavy atom. The van der Waals surface area contributed by atoms with Crippen LogP contribution in [0.15, 0.2) is 157 Å². The second kappa shape index (κ2) is 19.2. The lowest BCUT2D eigenvalue weighted by molar-refractivity contribution is -0.0906. The van der Waals surface area contributed by atoms with Gasteiger partial charge < -0.3 is 33.3 Å². The minimum atomic E-state index is -3.65. The number of fused-ring (bicyclic) bond motifs is 2. The van der Waals surface area contributed by atoms with E-state index in [1.54, 1.807) is 75.1 Å². The predicted octanol–water partition coefficient (Wildman–Crippen LogP) is 8.34. The summed E-state index contributed by atoms with van der Waals surface area (Å²) in [5, 5.41) is 2.89. The number of sulfone groups is 1. The topological polar surface area (TPSA) is 165 Å². The Hall–Kier alpha value is -6.10. The number of anilines is 1. The lowest BCUT2D eigenvalue weighted by Gasteiger charge is -2.37. The van der Waals surface area contributed by atoms with E-state index in [2.05, 4.69) is 24.9 Å². The van der Waals surface area contributed by atoms with Crippen LogP contribution < -0.4 is 14.8 Å². The molecule has 7 aromatic rings. The number of methoxy groups -OCH3 is 2. The van der Waals surface area contributed by atoms with Crippen LogP contribution in [0.25, 0.3) is 11.2 Å². The van der Waals surface area contributed by atoms with Gasteiger partial charge in [-0.05, 0) is 78.1 Å². The van der Waals surface area contributed by atoms with Crippen LogP contribution in [-0.2, 0) is 34.0 Å². The first-order chi connectivity index (χ1) is 32.7. The zero-order chi connectivity index (χ0) is 46.0. The van der Waals surface area contributed by atoms with Crippen LogP contribution in [0, 0.1) is 0 Å². The van der Waals surface area contributed by atoms with Crippen LogP contribution in [0.2, 0.25) is 0 Å². The fourth-order valence-electron chi connectivity index (χ4n) is 9.22. The van der Waals surface area contributed by atoms with Gasteiger partial charge in [-0.15, -0.1) is 0 Å². The highest BCUT2D eigenvalue weighted by Gasteiger charge is 2.51. The second-order valence-electron chi connectivity index (χ2n) is 16.5. The summed E-state index contributed by atoms with van der Waals surface area (Å²) in [7, 11) is -2.09. The van der Waals surface area contributed by atoms with Gasteiger partial charge in [-0.2, -0.15) is 0 Å². The highest BCUT2D eigenvalue weighted by molar-refractivity contribution is 7.91. The molecule has 1 N–H and O–H groups in total. The highest BCUT2D eigenvalue weighted by Crippen LogP contribution is 2.58. The molecule has 17 heteroatoms. The summed E-state index contributed by atoms with van der Waals surface area (Å²) >= 11 is 0. The lowest BCUT2D eigenvalue weighted by Crippen LogP contribution is -2.38. The molecule has 5 heterocycles. The van der Waals surface area contributed by atoms with E-state index in [0.717, 1.165) is 29.5 Å². The van der Waals surface area contributed by atoms with Crippen molar-refractivity contribution in [2.75, 3.05) is 38.4 Å². The molecule has 3 saturated heterocycles. The van der Waals surface area contributed by atoms with E-state index in [-0.39, 0.29) is 35.0 Å². The number of ether oxygens (including phenoxy) is 4. The summed E-state index contributed by atoms with van der Waals surface area (Å²) in [6.07, 6.45) is 2.53. The van der Waals surface area contributed by atoms with Crippen LogP contribution >= 0.6 is 8.53 Å². The molecule has 10 rings (SSSR count). The number of carbonyl (C=O) groups is 1. The zero-order valence-corrected chi connectivity index (χ0v) is 38.5. The summed E-state index contributed by atoms with van der Waals surface area (Å²) in [6.45, 7) is 0.759. The molecule has 5 aromatic carbocycles. The van der Waals surface area contributed by atoms with Crippen molar-refractivity contribution < 1.29 is 41.2 Å². The van der Waals surface area contributed by atoms with E-state index in [1.807, 2.05) is 89.5 Å². The van der Waals surface area contributed by atoms with Gasteiger partial charge in [0, 0.05) is 24.6 Å². The first kappa shape index (κ1) is 44.7. The molecule has 15 nitrogen and oxygen atoms in total. The third-order valence-electron chi connectivity index (χ3n) is 12.6. The fraction of sp³-hybridized carbons (Fsp3) is 0.280. The molecule has 3 aliphatic rings. The van der Waals surface area contributed by atoms with E-state index in [1.165, 1.54) is 6.33 Å². The van der Waals surface area contributed by atoms with Gasteiger partial charge in [-0.25, -0.2) is 28.0 Å². The number of nitrogens with one attached hydrogen (secondary N) is 1. The molecule has 0 unspecified atom stereocenters. The molecular formula is C50H49N6O9PS. The molecule has 0 saturated carbocycles. The Labute approximate surface area is 389 Å². The highest BCUT2D eigenvalue weighted by atomic mass is 32.2. The summed E-state index contributed by atoms with van der Waals surface area (Å²) < 4.78 is 70.7. The molecule has 1 amide bonds. The first-order valence-corrected chi connectivity index (χ1v) is 24.9. The number of imidazole rings is 1. The van der Waals surface area contributed by atoms with Gasteiger partial charge in [0.05, 0.1) is 50.0 Å². The van der Waals surface area contributed by atoms with Crippen molar-refractivity contribution in [1.29, 1.82) is 0 Å². The normalized spacial score (nSPS) is 21.9. The molecule has 3 aliphatic heterocycles. The average molecular weight is 941 g/mol. The molecule has 0 aliphatic carbocycles. The number of rotatable bonds is 16. The van der Waals surface area contributed by atoms with Crippen molar-refractivity contribution in [3.63, 3.8) is 0 Å². The number of hydrogen-bond acceptors (Lipinski definition) is 13. The van der Waals surface area contributed by atoms with Crippen molar-refractivity contribution in [2.24, 2.45) is 0 Å². The molecule has 3 fully saturated rings. The monoisotopic (exact) mass is 940 g/mol. The molecule has 344 valence electrons. The second-order valence-corrected chi connectivity index (χ2v) is 20.0. The summed E-state index contributed by atoms with van der Waals surface area (Å²) in [5.41, 5.74) is 2.75. The van der Waals surface area contributed by atoms with Crippen molar-refractivity contribution in [3.05, 3.63) is 174 Å². The number of aromatic nitrogens is 4. The number of carbonyl (C=O) groups excluding carboxylic acids is 1. The Bertz CT molecular complexity index is 2870. The maximum Gasteiger partial charge on any atom is 0.259 e. The van der Waals surface area contributed by atoms with Crippen molar-refractivity contribution in [2.45, 2.75) is 60.3 Å². The van der Waals surface area contributed by atoms with Gasteiger partial charge in [0.2, 0.25) is 0 Å². The third-order valence-corrected chi connectivity index (χ3v) is 16.2. The van der Waals surface area contributed by atoms with Crippen LogP contribution in [0.1, 0.15) is 52.5 Å². The standard InChI is InChI=1S/C50H49N6O9PS/c1-60-38-24-20-36(21-25-38)50(35-15-8-4-9-16-35,37-22-26-39(61-2)27-23-37)62-30-43-42(64-66-56-28-12-19-41(56)44(65-66)31-67(58,59)40-17-10-5-11-18-40)29-45(63-43)55-33-53-46-47(51-32-52-48(46)55)54-49(57)34-13-6-3-7-14-34/h3-11,13-18,20-27,32-33,41-45H,12,19,28-31H2,1-2H3,(H,51,52,54,57)/t41-,42+,43-,44+,45-,66+/m0/s1. The average Bonchev–Trinajstić information content (AvgIpc) is 4.19. The van der Waals surface area contributed by atoms with Crippen LogP contribution in [0.5, 0.6) is 11.5 Å². The minimum absolute atomic E-state index is 0.0481. The summed E-state index contributed by atoms with van der Waals surface area (Å²) in [4.78, 5) is 27.1. The lowest BCUT2D eigenvalue weighted by atomic mass is 9.80. The number of benzene rings is 5. The van der Waals surface area contributed by atoms with Gasteiger partial charge in [-0.1, -0.05) is 91.0 Å². The Kier molecular flexibility index (Phi) is 12.8. The largest absolute Gasteiger partial charge is 0.497 e. The van der Waals surface area contributed by atoms with Gasteiger partial charge in [0.1, 0.15) is 35.8 Å². The van der Waals surface area contributed by atoms with E-state index in [0.29, 0.717) is 41.2 Å². The number of nitrogens with zero attached hydrogens (tertiary/aromatic N) is 5. The Morgan fingerprint density at radius 3 is 2.07 bits per heavy atom. The van der Waals surface area contributed by atoms with E-state index in [9.17, 15) is 13.2 Å². The molecule has 67 heavy (non-hydrogen) atoms. The smallest absolute Gasteiger partial charge is 0.259 e. The Morgan fingerprint density at radius 2 is 1.42 bits per heavy atom. The summed E-state index contributed by atoms with van der Waals surface area (Å²) in [5.74, 6) is 1.16. The van der Waals surface area contributed by atoms with E-state index < -0.39 is 48.5 Å². The van der Waals surface area contributed by atoms with Crippen molar-refractivity contribution >= 4 is 41.3 Å². The van der Waals surface area contributed by atoms with Crippen LogP contribution in [0.4, 0.5) is 5.82 Å². The number of hydrogen-bond donors (Lipinski definition) is 1. The predicted molar refractivity (Wildman–Crippen MR) is 251 cm³/mol. The van der Waals surface area contributed by atoms with Gasteiger partial charge in [0.25, 0.3) is 14.4 Å². The maximum absolute atomic E-state index is 13.7. The van der Waals surface area contributed by atoms with Crippen molar-refractivity contribution in [3.8, 4) is 11.5 Å². The zero-order valence-electron chi connectivity index (χ0n) is 36.8. The van der Waals surface area contributed by atoms with E-state index >= 15 is 0 Å². The quantitative estimate of drug-likeness (QED) is 0.0727. The minimum Gasteiger partial charge on any atom is -0.497 e. The van der Waals surface area contributed by atoms with Crippen molar-refractivity contribution in [1.82, 2.24) is 24.2 Å². The first-order valence-electron chi connectivity index (χ1n) is 22.1. The molecule has 0 radical (unpaired) electrons.